The molecular formula is C10H10N4O4S2. The van der Waals surface area contributed by atoms with E-state index in [-0.39, 0.29) is 10.7 Å². The molecule has 2 rings (SSSR count). The van der Waals surface area contributed by atoms with Gasteiger partial charge in [0.1, 0.15) is 4.90 Å². The molecular weight excluding hydrogens is 304 g/mol. The molecule has 20 heavy (non-hydrogen) atoms. The summed E-state index contributed by atoms with van der Waals surface area (Å²) in [5.41, 5.74) is 2.20. The van der Waals surface area contributed by atoms with Gasteiger partial charge in [-0.25, -0.2) is 5.01 Å². The van der Waals surface area contributed by atoms with Gasteiger partial charge in [-0.3, -0.25) is 14.8 Å². The number of rotatable bonds is 3. The second-order valence-corrected chi connectivity index (χ2v) is 5.67. The van der Waals surface area contributed by atoms with Crippen LogP contribution in [0.2, 0.25) is 0 Å². The number of nitrogens with one attached hydrogen (secondary N) is 1. The highest BCUT2D eigenvalue weighted by Crippen LogP contribution is 2.16. The summed E-state index contributed by atoms with van der Waals surface area (Å²) in [6, 6.07) is 5.28. The van der Waals surface area contributed by atoms with Gasteiger partial charge < -0.3 is 0 Å². The Hall–Kier alpha value is -1.91. The van der Waals surface area contributed by atoms with Crippen LogP contribution >= 0.6 is 12.2 Å². The minimum absolute atomic E-state index is 0.0650. The first-order chi connectivity index (χ1) is 9.30. The molecule has 0 aliphatic carbocycles. The lowest BCUT2D eigenvalue weighted by atomic mass is 10.2. The van der Waals surface area contributed by atoms with E-state index in [1.165, 1.54) is 23.2 Å². The number of carbonyl (C=O) groups is 1. The largest absolute Gasteiger partial charge is 0.295 e. The molecule has 1 aliphatic heterocycles. The van der Waals surface area contributed by atoms with E-state index < -0.39 is 27.1 Å². The first-order valence-electron chi connectivity index (χ1n) is 5.42. The summed E-state index contributed by atoms with van der Waals surface area (Å²) in [7, 11) is -4.50. The van der Waals surface area contributed by atoms with Crippen LogP contribution in [-0.2, 0) is 10.1 Å². The first kappa shape index (κ1) is 14.5. The Morgan fingerprint density at radius 2 is 2.10 bits per heavy atom. The van der Waals surface area contributed by atoms with E-state index in [1.54, 1.807) is 6.92 Å². The average Bonchev–Trinajstić information content (AvgIpc) is 2.69. The van der Waals surface area contributed by atoms with Crippen molar-refractivity contribution < 1.29 is 17.8 Å². The molecule has 10 heteroatoms. The van der Waals surface area contributed by atoms with E-state index in [0.29, 0.717) is 0 Å². The van der Waals surface area contributed by atoms with Gasteiger partial charge >= 0.3 is 0 Å². The lowest BCUT2D eigenvalue weighted by molar-refractivity contribution is 0.0848. The average molecular weight is 314 g/mol. The number of hydrogen-bond acceptors (Lipinski definition) is 5. The maximum atomic E-state index is 12.1. The molecule has 0 aromatic heterocycles. The third kappa shape index (κ3) is 2.81. The third-order valence-electron chi connectivity index (χ3n) is 2.52. The summed E-state index contributed by atoms with van der Waals surface area (Å²) in [4.78, 5) is 11.6. The fraction of sp³-hybridized carbons (Fsp3) is 0.200. The molecule has 0 radical (unpaired) electrons. The monoisotopic (exact) mass is 314 g/mol. The van der Waals surface area contributed by atoms with Crippen molar-refractivity contribution >= 4 is 33.4 Å². The fourth-order valence-corrected chi connectivity index (χ4v) is 2.52. The van der Waals surface area contributed by atoms with Gasteiger partial charge in [0, 0.05) is 0 Å². The van der Waals surface area contributed by atoms with Crippen LogP contribution in [-0.4, -0.2) is 35.2 Å². The van der Waals surface area contributed by atoms with E-state index >= 15 is 0 Å². The maximum Gasteiger partial charge on any atom is 0.295 e. The molecule has 2 N–H and O–H groups in total. The second-order valence-electron chi connectivity index (χ2n) is 3.91. The van der Waals surface area contributed by atoms with Gasteiger partial charge in [0.15, 0.2) is 6.17 Å². The number of hydrazine groups is 1. The lowest BCUT2D eigenvalue weighted by Crippen LogP contribution is -2.46. The number of amides is 1. The predicted octanol–water partition coefficient (Wildman–Crippen LogP) is 0.977. The van der Waals surface area contributed by atoms with Crippen LogP contribution in [0.15, 0.2) is 39.4 Å². The minimum atomic E-state index is -4.50. The van der Waals surface area contributed by atoms with Gasteiger partial charge in [-0.2, -0.15) is 13.5 Å². The first-order valence-corrected chi connectivity index (χ1v) is 7.27. The molecule has 1 heterocycles. The van der Waals surface area contributed by atoms with Crippen LogP contribution in [0.4, 0.5) is 0 Å². The van der Waals surface area contributed by atoms with Gasteiger partial charge in [0.2, 0.25) is 5.11 Å². The van der Waals surface area contributed by atoms with E-state index in [0.717, 1.165) is 6.07 Å². The van der Waals surface area contributed by atoms with Crippen molar-refractivity contribution in [3.05, 3.63) is 29.8 Å². The molecule has 1 atom stereocenters. The summed E-state index contributed by atoms with van der Waals surface area (Å²) >= 11 is 4.88. The number of carbonyl (C=O) groups excluding carboxylic acids is 1. The van der Waals surface area contributed by atoms with Gasteiger partial charge in [-0.1, -0.05) is 12.1 Å². The predicted molar refractivity (Wildman–Crippen MR) is 72.5 cm³/mol. The number of benzene rings is 1. The smallest absolute Gasteiger partial charge is 0.282 e. The number of thiocarbonyl (C=S) groups is 1. The zero-order valence-electron chi connectivity index (χ0n) is 10.2. The fourth-order valence-electron chi connectivity index (χ4n) is 1.58. The molecule has 0 saturated carbocycles. The summed E-state index contributed by atoms with van der Waals surface area (Å²) in [6.07, 6.45) is -0.482. The van der Waals surface area contributed by atoms with Gasteiger partial charge in [-0.15, -0.1) is 5.11 Å². The van der Waals surface area contributed by atoms with Crippen LogP contribution in [0, 0.1) is 0 Å². The quantitative estimate of drug-likeness (QED) is 0.635. The van der Waals surface area contributed by atoms with Crippen LogP contribution in [0.5, 0.6) is 0 Å². The molecule has 0 fully saturated rings. The Labute approximate surface area is 120 Å². The van der Waals surface area contributed by atoms with Gasteiger partial charge in [0.25, 0.3) is 16.0 Å². The van der Waals surface area contributed by atoms with E-state index in [2.05, 4.69) is 15.7 Å². The van der Waals surface area contributed by atoms with Crippen LogP contribution in [0.3, 0.4) is 0 Å². The molecule has 1 amide bonds. The van der Waals surface area contributed by atoms with Crippen LogP contribution in [0.25, 0.3) is 0 Å². The van der Waals surface area contributed by atoms with E-state index in [1.807, 2.05) is 0 Å². The molecule has 0 saturated heterocycles. The third-order valence-corrected chi connectivity index (χ3v) is 3.71. The molecule has 0 bridgehead atoms. The highest BCUT2D eigenvalue weighted by molar-refractivity contribution is 7.86. The van der Waals surface area contributed by atoms with Gasteiger partial charge in [-0.05, 0) is 31.3 Å². The normalized spacial score (nSPS) is 18.4. The molecule has 0 spiro atoms. The standard InChI is InChI=1S/C10H10N4O4S2/c1-6-11-12-10(19)14(6)13-9(15)7-4-2-3-5-8(7)20(16,17)18/h2-6H,1H3,(H,13,15)(H,16,17,18). The second kappa shape index (κ2) is 5.23. The zero-order chi connectivity index (χ0) is 14.9. The SMILES string of the molecule is CC1N=NC(=S)N1NC(=O)c1ccccc1S(=O)(=O)O. The minimum Gasteiger partial charge on any atom is -0.282 e. The highest BCUT2D eigenvalue weighted by Gasteiger charge is 2.27. The molecule has 8 nitrogen and oxygen atoms in total. The topological polar surface area (TPSA) is 111 Å². The van der Waals surface area contributed by atoms with Crippen molar-refractivity contribution in [2.45, 2.75) is 18.0 Å². The number of azo groups is 1. The Bertz CT molecular complexity index is 701. The molecule has 1 aromatic carbocycles. The molecule has 1 aliphatic rings. The Morgan fingerprint density at radius 3 is 2.65 bits per heavy atom. The summed E-state index contributed by atoms with van der Waals surface area (Å²) in [5, 5.41) is 8.65. The summed E-state index contributed by atoms with van der Waals surface area (Å²) < 4.78 is 31.5. The molecule has 1 aromatic rings. The number of nitrogens with zero attached hydrogens (tertiary/aromatic N) is 3. The van der Waals surface area contributed by atoms with Gasteiger partial charge in [0.05, 0.1) is 5.56 Å². The van der Waals surface area contributed by atoms with Crippen LogP contribution < -0.4 is 5.43 Å². The number of hydrogen-bond donors (Lipinski definition) is 2. The van der Waals surface area contributed by atoms with Crippen molar-refractivity contribution in [1.82, 2.24) is 10.4 Å². The molecule has 1 unspecified atom stereocenters. The maximum absolute atomic E-state index is 12.1. The van der Waals surface area contributed by atoms with Crippen LogP contribution in [0.1, 0.15) is 17.3 Å². The molecule has 106 valence electrons. The summed E-state index contributed by atoms with van der Waals surface area (Å²) in [6.45, 7) is 1.65. The Morgan fingerprint density at radius 1 is 1.45 bits per heavy atom. The van der Waals surface area contributed by atoms with Crippen molar-refractivity contribution in [3.8, 4) is 0 Å². The van der Waals surface area contributed by atoms with Crippen molar-refractivity contribution in [2.24, 2.45) is 10.2 Å². The van der Waals surface area contributed by atoms with E-state index in [9.17, 15) is 13.2 Å². The zero-order valence-corrected chi connectivity index (χ0v) is 11.8. The van der Waals surface area contributed by atoms with Crippen molar-refractivity contribution in [3.63, 3.8) is 0 Å². The lowest BCUT2D eigenvalue weighted by Gasteiger charge is -2.21. The van der Waals surface area contributed by atoms with Crippen molar-refractivity contribution in [2.75, 3.05) is 0 Å². The Kier molecular flexibility index (Phi) is 3.79. The van der Waals surface area contributed by atoms with Crippen molar-refractivity contribution in [1.29, 1.82) is 0 Å². The Balaban J connectivity index is 2.29. The summed E-state index contributed by atoms with van der Waals surface area (Å²) in [5.74, 6) is -0.736. The highest BCUT2D eigenvalue weighted by atomic mass is 32.2. The van der Waals surface area contributed by atoms with E-state index in [4.69, 9.17) is 16.8 Å².